The fourth-order valence-electron chi connectivity index (χ4n) is 2.32. The number of pyridine rings is 1. The van der Waals surface area contributed by atoms with E-state index in [4.69, 9.17) is 0 Å². The molecule has 0 saturated heterocycles. The lowest BCUT2D eigenvalue weighted by molar-refractivity contribution is 0.585. The van der Waals surface area contributed by atoms with Crippen molar-refractivity contribution in [3.05, 3.63) is 59.3 Å². The zero-order valence-corrected chi connectivity index (χ0v) is 14.7. The van der Waals surface area contributed by atoms with Crippen molar-refractivity contribution in [1.82, 2.24) is 15.6 Å². The molecule has 0 unspecified atom stereocenters. The third-order valence-corrected chi connectivity index (χ3v) is 3.50. The molecular formula is C18H23F2N5. The largest absolute Gasteiger partial charge is 0.362 e. The Bertz CT molecular complexity index is 731. The lowest BCUT2D eigenvalue weighted by Gasteiger charge is -2.17. The van der Waals surface area contributed by atoms with E-state index in [9.17, 15) is 8.78 Å². The van der Waals surface area contributed by atoms with Gasteiger partial charge in [-0.3, -0.25) is 0 Å². The van der Waals surface area contributed by atoms with Gasteiger partial charge in [0.1, 0.15) is 17.5 Å². The Morgan fingerprint density at radius 2 is 1.96 bits per heavy atom. The second-order valence-electron chi connectivity index (χ2n) is 5.67. The van der Waals surface area contributed by atoms with Crippen LogP contribution in [0.4, 0.5) is 14.6 Å². The molecule has 2 aromatic rings. The van der Waals surface area contributed by atoms with E-state index in [1.54, 1.807) is 6.20 Å². The van der Waals surface area contributed by atoms with E-state index < -0.39 is 11.6 Å². The zero-order valence-electron chi connectivity index (χ0n) is 14.7. The van der Waals surface area contributed by atoms with Crippen molar-refractivity contribution in [1.29, 1.82) is 0 Å². The summed E-state index contributed by atoms with van der Waals surface area (Å²) < 4.78 is 27.0. The molecule has 25 heavy (non-hydrogen) atoms. The van der Waals surface area contributed by atoms with Gasteiger partial charge in [0.2, 0.25) is 0 Å². The maximum Gasteiger partial charge on any atom is 0.191 e. The molecule has 0 aliphatic heterocycles. The molecule has 0 amide bonds. The van der Waals surface area contributed by atoms with Crippen LogP contribution in [0.3, 0.4) is 0 Å². The Kier molecular flexibility index (Phi) is 6.68. The number of anilines is 1. The molecule has 0 fully saturated rings. The Balaban J connectivity index is 2.09. The molecule has 5 nitrogen and oxygen atoms in total. The summed E-state index contributed by atoms with van der Waals surface area (Å²) in [6, 6.07) is 7.21. The Morgan fingerprint density at radius 3 is 2.68 bits per heavy atom. The third-order valence-electron chi connectivity index (χ3n) is 3.50. The first-order chi connectivity index (χ1) is 12.0. The molecule has 134 valence electrons. The molecule has 0 spiro atoms. The van der Waals surface area contributed by atoms with Gasteiger partial charge >= 0.3 is 0 Å². The number of aromatic nitrogens is 1. The van der Waals surface area contributed by atoms with Gasteiger partial charge in [-0.15, -0.1) is 0 Å². The van der Waals surface area contributed by atoms with Crippen LogP contribution in [0.2, 0.25) is 0 Å². The molecule has 0 bridgehead atoms. The van der Waals surface area contributed by atoms with Crippen molar-refractivity contribution in [3.8, 4) is 0 Å². The molecule has 2 N–H and O–H groups in total. The normalized spacial score (nSPS) is 11.3. The van der Waals surface area contributed by atoms with Crippen LogP contribution in [-0.4, -0.2) is 31.6 Å². The van der Waals surface area contributed by atoms with Crippen LogP contribution in [0.15, 0.2) is 41.5 Å². The number of hydrogen-bond acceptors (Lipinski definition) is 3. The van der Waals surface area contributed by atoms with Gasteiger partial charge in [-0.05, 0) is 31.2 Å². The van der Waals surface area contributed by atoms with Crippen molar-refractivity contribution in [2.75, 3.05) is 25.5 Å². The highest BCUT2D eigenvalue weighted by molar-refractivity contribution is 5.79. The summed E-state index contributed by atoms with van der Waals surface area (Å²) in [5.74, 6) is 0.445. The van der Waals surface area contributed by atoms with Crippen molar-refractivity contribution in [2.24, 2.45) is 4.99 Å². The SMILES string of the molecule is CCNC(=NCc1cc(F)ccc1F)NCc1cccnc1N(C)C. The van der Waals surface area contributed by atoms with E-state index in [0.29, 0.717) is 19.0 Å². The summed E-state index contributed by atoms with van der Waals surface area (Å²) in [6.07, 6.45) is 1.74. The standard InChI is InChI=1S/C18H23F2N5/c1-4-21-18(24-12-14-10-15(19)7-8-16(14)20)23-11-13-6-5-9-22-17(13)25(2)3/h5-10H,4,11-12H2,1-3H3,(H2,21,23,24). The number of rotatable bonds is 6. The second-order valence-corrected chi connectivity index (χ2v) is 5.67. The first-order valence-corrected chi connectivity index (χ1v) is 8.08. The number of halogens is 2. The van der Waals surface area contributed by atoms with Crippen LogP contribution in [-0.2, 0) is 13.1 Å². The van der Waals surface area contributed by atoms with Crippen molar-refractivity contribution >= 4 is 11.8 Å². The molecule has 0 atom stereocenters. The van der Waals surface area contributed by atoms with Crippen LogP contribution in [0.1, 0.15) is 18.1 Å². The number of hydrogen-bond donors (Lipinski definition) is 2. The van der Waals surface area contributed by atoms with E-state index in [0.717, 1.165) is 29.6 Å². The first kappa shape index (κ1) is 18.6. The average Bonchev–Trinajstić information content (AvgIpc) is 2.60. The molecule has 1 aromatic heterocycles. The van der Waals surface area contributed by atoms with Gasteiger partial charge in [0.15, 0.2) is 5.96 Å². The van der Waals surface area contributed by atoms with E-state index >= 15 is 0 Å². The fraction of sp³-hybridized carbons (Fsp3) is 0.333. The summed E-state index contributed by atoms with van der Waals surface area (Å²) >= 11 is 0. The monoisotopic (exact) mass is 347 g/mol. The Hall–Kier alpha value is -2.70. The maximum atomic E-state index is 13.7. The zero-order chi connectivity index (χ0) is 18.2. The number of aliphatic imine (C=N–C) groups is 1. The highest BCUT2D eigenvalue weighted by Crippen LogP contribution is 2.14. The van der Waals surface area contributed by atoms with E-state index in [1.807, 2.05) is 38.1 Å². The van der Waals surface area contributed by atoms with Crippen molar-refractivity contribution < 1.29 is 8.78 Å². The number of guanidine groups is 1. The molecule has 1 heterocycles. The van der Waals surface area contributed by atoms with Crippen molar-refractivity contribution in [3.63, 3.8) is 0 Å². The van der Waals surface area contributed by atoms with Crippen LogP contribution >= 0.6 is 0 Å². The minimum atomic E-state index is -0.476. The molecule has 7 heteroatoms. The molecule has 0 aliphatic rings. The first-order valence-electron chi connectivity index (χ1n) is 8.08. The summed E-state index contributed by atoms with van der Waals surface area (Å²) in [7, 11) is 3.86. The van der Waals surface area contributed by atoms with Gasteiger partial charge in [-0.25, -0.2) is 18.8 Å². The van der Waals surface area contributed by atoms with Gasteiger partial charge in [0, 0.05) is 44.5 Å². The van der Waals surface area contributed by atoms with Crippen LogP contribution in [0, 0.1) is 11.6 Å². The van der Waals surface area contributed by atoms with E-state index in [1.165, 1.54) is 0 Å². The Morgan fingerprint density at radius 1 is 1.16 bits per heavy atom. The van der Waals surface area contributed by atoms with Crippen LogP contribution in [0.25, 0.3) is 0 Å². The predicted molar refractivity (Wildman–Crippen MR) is 96.6 cm³/mol. The smallest absolute Gasteiger partial charge is 0.191 e. The summed E-state index contributed by atoms with van der Waals surface area (Å²) in [5.41, 5.74) is 1.22. The van der Waals surface area contributed by atoms with Gasteiger partial charge in [-0.2, -0.15) is 0 Å². The average molecular weight is 347 g/mol. The van der Waals surface area contributed by atoms with Gasteiger partial charge in [0.05, 0.1) is 6.54 Å². The highest BCUT2D eigenvalue weighted by atomic mass is 19.1. The molecule has 0 saturated carbocycles. The molecule has 0 aliphatic carbocycles. The maximum absolute atomic E-state index is 13.7. The predicted octanol–water partition coefficient (Wildman–Crippen LogP) is 2.68. The highest BCUT2D eigenvalue weighted by Gasteiger charge is 2.07. The summed E-state index contributed by atoms with van der Waals surface area (Å²) in [5, 5.41) is 6.29. The van der Waals surface area contributed by atoms with Crippen LogP contribution in [0.5, 0.6) is 0 Å². The summed E-state index contributed by atoms with van der Waals surface area (Å²) in [6.45, 7) is 3.16. The van der Waals surface area contributed by atoms with Crippen molar-refractivity contribution in [2.45, 2.75) is 20.0 Å². The van der Waals surface area contributed by atoms with E-state index in [-0.39, 0.29) is 12.1 Å². The minimum Gasteiger partial charge on any atom is -0.362 e. The minimum absolute atomic E-state index is 0.0481. The lowest BCUT2D eigenvalue weighted by Crippen LogP contribution is -2.37. The number of nitrogens with zero attached hydrogens (tertiary/aromatic N) is 3. The third kappa shape index (κ3) is 5.41. The molecule has 1 aromatic carbocycles. The molecule has 2 rings (SSSR count). The van der Waals surface area contributed by atoms with E-state index in [2.05, 4.69) is 20.6 Å². The lowest BCUT2D eigenvalue weighted by atomic mass is 10.2. The van der Waals surface area contributed by atoms with Crippen LogP contribution < -0.4 is 15.5 Å². The van der Waals surface area contributed by atoms with Gasteiger partial charge in [-0.1, -0.05) is 6.07 Å². The topological polar surface area (TPSA) is 52.6 Å². The fourth-order valence-corrected chi connectivity index (χ4v) is 2.32. The number of nitrogens with one attached hydrogen (secondary N) is 2. The molecule has 0 radical (unpaired) electrons. The van der Waals surface area contributed by atoms with Gasteiger partial charge < -0.3 is 15.5 Å². The van der Waals surface area contributed by atoms with Gasteiger partial charge in [0.25, 0.3) is 0 Å². The number of benzene rings is 1. The summed E-state index contributed by atoms with van der Waals surface area (Å²) in [4.78, 5) is 10.6. The quantitative estimate of drug-likeness (QED) is 0.623. The molecular weight excluding hydrogens is 324 g/mol. The Labute approximate surface area is 146 Å². The second kappa shape index (κ2) is 8.96.